The number of nitrogens with zero attached hydrogens (tertiary/aromatic N) is 1. The number of anilines is 1. The summed E-state index contributed by atoms with van der Waals surface area (Å²) in [5.74, 6) is -2.98. The third-order valence-corrected chi connectivity index (χ3v) is 4.72. The minimum atomic E-state index is -1.21. The van der Waals surface area contributed by atoms with E-state index < -0.39 is 29.5 Å². The van der Waals surface area contributed by atoms with Crippen LogP contribution in [0.1, 0.15) is 5.56 Å². The molecule has 0 unspecified atom stereocenters. The van der Waals surface area contributed by atoms with E-state index in [1.165, 1.54) is 0 Å². The molecule has 0 aliphatic carbocycles. The Morgan fingerprint density at radius 2 is 2.10 bits per heavy atom. The lowest BCUT2D eigenvalue weighted by atomic mass is 9.77. The monoisotopic (exact) mass is 284 g/mol. The van der Waals surface area contributed by atoms with Gasteiger partial charge in [0.2, 0.25) is 5.91 Å². The second-order valence-electron chi connectivity index (χ2n) is 5.98. The molecule has 5 nitrogen and oxygen atoms in total. The molecule has 1 amide bonds. The number of carbonyl (C=O) groups excluding carboxylic acids is 2. The quantitative estimate of drug-likeness (QED) is 0.719. The summed E-state index contributed by atoms with van der Waals surface area (Å²) in [6.07, 6.45) is 3.04. The van der Waals surface area contributed by atoms with Crippen molar-refractivity contribution in [2.24, 2.45) is 11.8 Å². The average molecular weight is 284 g/mol. The zero-order valence-electron chi connectivity index (χ0n) is 11.5. The molecule has 4 rings (SSSR count). The summed E-state index contributed by atoms with van der Waals surface area (Å²) >= 11 is 0. The van der Waals surface area contributed by atoms with Crippen molar-refractivity contribution in [1.29, 1.82) is 0 Å². The number of benzene rings is 1. The highest BCUT2D eigenvalue weighted by Gasteiger charge is 2.65. The van der Waals surface area contributed by atoms with Crippen LogP contribution in [0, 0.1) is 18.8 Å². The zero-order valence-corrected chi connectivity index (χ0v) is 11.5. The van der Waals surface area contributed by atoms with Crippen LogP contribution in [0.5, 0.6) is 0 Å². The first kappa shape index (κ1) is 12.6. The molecule has 4 atom stereocenters. The largest absolute Gasteiger partial charge is 0.550 e. The van der Waals surface area contributed by atoms with E-state index in [0.717, 1.165) is 11.3 Å². The van der Waals surface area contributed by atoms with Gasteiger partial charge in [-0.15, -0.1) is 0 Å². The lowest BCUT2D eigenvalue weighted by Gasteiger charge is -2.24. The second-order valence-corrected chi connectivity index (χ2v) is 5.98. The number of hydrogen-bond donors (Lipinski definition) is 0. The normalized spacial score (nSPS) is 36.3. The zero-order chi connectivity index (χ0) is 14.8. The summed E-state index contributed by atoms with van der Waals surface area (Å²) in [5, 5.41) is 11.4. The summed E-state index contributed by atoms with van der Waals surface area (Å²) in [4.78, 5) is 25.7. The molecule has 0 radical (unpaired) electrons. The first-order valence-corrected chi connectivity index (χ1v) is 6.98. The van der Waals surface area contributed by atoms with E-state index in [1.807, 2.05) is 37.3 Å². The van der Waals surface area contributed by atoms with Crippen molar-refractivity contribution in [3.05, 3.63) is 42.0 Å². The van der Waals surface area contributed by atoms with Gasteiger partial charge < -0.3 is 19.5 Å². The van der Waals surface area contributed by atoms with Crippen LogP contribution in [0.25, 0.3) is 0 Å². The summed E-state index contributed by atoms with van der Waals surface area (Å²) in [6.45, 7) is 2.33. The van der Waals surface area contributed by atoms with Crippen LogP contribution in [-0.2, 0) is 14.3 Å². The van der Waals surface area contributed by atoms with Crippen LogP contribution in [-0.4, -0.2) is 30.1 Å². The Morgan fingerprint density at radius 1 is 1.38 bits per heavy atom. The molecule has 3 aliphatic heterocycles. The number of fused-ring (bicyclic) bond motifs is 1. The number of ether oxygens (including phenoxy) is 1. The van der Waals surface area contributed by atoms with Crippen molar-refractivity contribution in [2.75, 3.05) is 11.4 Å². The highest BCUT2D eigenvalue weighted by atomic mass is 16.5. The Labute approximate surface area is 121 Å². The molecule has 21 heavy (non-hydrogen) atoms. The predicted molar refractivity (Wildman–Crippen MR) is 72.3 cm³/mol. The minimum Gasteiger partial charge on any atom is -0.550 e. The van der Waals surface area contributed by atoms with Crippen LogP contribution in [0.2, 0.25) is 0 Å². The number of hydrogen-bond acceptors (Lipinski definition) is 4. The number of aliphatic carboxylic acids is 1. The maximum Gasteiger partial charge on any atom is 0.234 e. The van der Waals surface area contributed by atoms with Gasteiger partial charge in [0.15, 0.2) is 0 Å². The molecule has 3 heterocycles. The molecule has 1 spiro atoms. The number of carbonyl (C=O) groups is 2. The van der Waals surface area contributed by atoms with Gasteiger partial charge in [-0.05, 0) is 19.1 Å². The topological polar surface area (TPSA) is 69.7 Å². The Morgan fingerprint density at radius 3 is 2.76 bits per heavy atom. The molecule has 0 aromatic heterocycles. The Kier molecular flexibility index (Phi) is 2.37. The molecule has 2 bridgehead atoms. The van der Waals surface area contributed by atoms with Crippen molar-refractivity contribution in [3.8, 4) is 0 Å². The van der Waals surface area contributed by atoms with Crippen molar-refractivity contribution >= 4 is 17.6 Å². The predicted octanol–water partition coefficient (Wildman–Crippen LogP) is 0.0313. The van der Waals surface area contributed by atoms with E-state index in [4.69, 9.17) is 4.74 Å². The summed E-state index contributed by atoms with van der Waals surface area (Å²) < 4.78 is 5.81. The molecular weight excluding hydrogens is 270 g/mol. The first-order chi connectivity index (χ1) is 10.0. The summed E-state index contributed by atoms with van der Waals surface area (Å²) in [7, 11) is 0. The van der Waals surface area contributed by atoms with Crippen LogP contribution < -0.4 is 10.0 Å². The maximum atomic E-state index is 12.7. The average Bonchev–Trinajstić information content (AvgIpc) is 3.08. The van der Waals surface area contributed by atoms with Gasteiger partial charge in [-0.1, -0.05) is 29.8 Å². The number of rotatable bonds is 2. The SMILES string of the molecule is Cc1ccc(N2C[C@@]34C=C[C@H](O3)[C@@H](C(=O)[O-])[C@@H]4C2=O)cc1. The number of carboxylic acid groups (broad SMARTS) is 1. The molecule has 1 aromatic carbocycles. The molecule has 0 saturated carbocycles. The van der Waals surface area contributed by atoms with Gasteiger partial charge in [0.05, 0.1) is 18.6 Å². The molecule has 5 heteroatoms. The third kappa shape index (κ3) is 1.55. The van der Waals surface area contributed by atoms with Gasteiger partial charge >= 0.3 is 0 Å². The fourth-order valence-corrected chi connectivity index (χ4v) is 3.71. The Hall–Kier alpha value is -2.14. The van der Waals surface area contributed by atoms with E-state index >= 15 is 0 Å². The molecule has 0 N–H and O–H groups in total. The van der Waals surface area contributed by atoms with E-state index in [2.05, 4.69) is 0 Å². The second kappa shape index (κ2) is 3.95. The van der Waals surface area contributed by atoms with Crippen molar-refractivity contribution in [2.45, 2.75) is 18.6 Å². The highest BCUT2D eigenvalue weighted by Crippen LogP contribution is 2.52. The molecule has 2 saturated heterocycles. The fraction of sp³-hybridized carbons (Fsp3) is 0.375. The molecule has 1 aromatic rings. The van der Waals surface area contributed by atoms with E-state index in [0.29, 0.717) is 6.54 Å². The van der Waals surface area contributed by atoms with Crippen LogP contribution in [0.4, 0.5) is 5.69 Å². The minimum absolute atomic E-state index is 0.195. The Balaban J connectivity index is 1.73. The number of aryl methyl sites for hydroxylation is 1. The third-order valence-electron chi connectivity index (χ3n) is 4.72. The van der Waals surface area contributed by atoms with Gasteiger partial charge in [0.1, 0.15) is 5.60 Å². The van der Waals surface area contributed by atoms with Gasteiger partial charge in [0, 0.05) is 17.6 Å². The van der Waals surface area contributed by atoms with Crippen molar-refractivity contribution < 1.29 is 19.4 Å². The maximum absolute atomic E-state index is 12.7. The van der Waals surface area contributed by atoms with E-state index in [9.17, 15) is 14.7 Å². The molecule has 2 fully saturated rings. The lowest BCUT2D eigenvalue weighted by molar-refractivity contribution is -0.313. The van der Waals surface area contributed by atoms with Crippen LogP contribution in [0.3, 0.4) is 0 Å². The molecule has 108 valence electrons. The summed E-state index contributed by atoms with van der Waals surface area (Å²) in [6, 6.07) is 7.60. The standard InChI is InChI=1S/C16H15NO4/c1-9-2-4-10(5-3-9)17-8-16-7-6-11(21-16)12(15(19)20)13(16)14(17)18/h2-7,11-13H,8H2,1H3,(H,19,20)/p-1/t11-,12+,13+,16+/m0/s1. The highest BCUT2D eigenvalue weighted by molar-refractivity contribution is 6.02. The molecular formula is C16H14NO4-. The number of carboxylic acids is 1. The van der Waals surface area contributed by atoms with E-state index in [-0.39, 0.29) is 5.91 Å². The summed E-state index contributed by atoms with van der Waals surface area (Å²) in [5.41, 5.74) is 1.07. The van der Waals surface area contributed by atoms with Crippen LogP contribution in [0.15, 0.2) is 36.4 Å². The van der Waals surface area contributed by atoms with Gasteiger partial charge in [-0.2, -0.15) is 0 Å². The lowest BCUT2D eigenvalue weighted by Crippen LogP contribution is -2.45. The van der Waals surface area contributed by atoms with Gasteiger partial charge in [-0.3, -0.25) is 4.79 Å². The molecule has 3 aliphatic rings. The first-order valence-electron chi connectivity index (χ1n) is 6.98. The van der Waals surface area contributed by atoms with Crippen molar-refractivity contribution in [3.63, 3.8) is 0 Å². The fourth-order valence-electron chi connectivity index (χ4n) is 3.71. The van der Waals surface area contributed by atoms with Gasteiger partial charge in [0.25, 0.3) is 0 Å². The smallest absolute Gasteiger partial charge is 0.234 e. The Bertz CT molecular complexity index is 665. The van der Waals surface area contributed by atoms with E-state index in [1.54, 1.807) is 11.0 Å². The van der Waals surface area contributed by atoms with Crippen molar-refractivity contribution in [1.82, 2.24) is 0 Å². The number of amides is 1. The van der Waals surface area contributed by atoms with Gasteiger partial charge in [-0.25, -0.2) is 0 Å². The van der Waals surface area contributed by atoms with Crippen LogP contribution >= 0.6 is 0 Å².